The van der Waals surface area contributed by atoms with Crippen LogP contribution in [0.3, 0.4) is 0 Å². The van der Waals surface area contributed by atoms with Crippen LogP contribution in [0.1, 0.15) is 36.3 Å². The van der Waals surface area contributed by atoms with Gasteiger partial charge >= 0.3 is 5.97 Å². The topological polar surface area (TPSA) is 84.2 Å². The number of nitrogens with one attached hydrogen (secondary N) is 1. The molecule has 1 heterocycles. The number of carbonyl (C=O) groups is 2. The summed E-state index contributed by atoms with van der Waals surface area (Å²) < 4.78 is 1.37. The number of hydrogen-bond donors (Lipinski definition) is 2. The molecule has 0 saturated carbocycles. The van der Waals surface area contributed by atoms with Crippen molar-refractivity contribution in [2.75, 3.05) is 5.32 Å². The van der Waals surface area contributed by atoms with Crippen LogP contribution in [0.15, 0.2) is 0 Å². The van der Waals surface area contributed by atoms with E-state index >= 15 is 0 Å². The van der Waals surface area contributed by atoms with Crippen molar-refractivity contribution in [3.05, 3.63) is 11.3 Å². The maximum Gasteiger partial charge on any atom is 0.341 e. The van der Waals surface area contributed by atoms with Crippen LogP contribution < -0.4 is 5.32 Å². The first-order valence-electron chi connectivity index (χ1n) is 5.39. The second-order valence-corrected chi connectivity index (χ2v) is 4.38. The Morgan fingerprint density at radius 3 is 2.53 bits per heavy atom. The summed E-state index contributed by atoms with van der Waals surface area (Å²) in [5.74, 6) is -0.834. The van der Waals surface area contributed by atoms with Gasteiger partial charge in [0, 0.05) is 13.5 Å². The lowest BCUT2D eigenvalue weighted by atomic mass is 10.1. The van der Waals surface area contributed by atoms with E-state index < -0.39 is 5.97 Å². The number of aromatic carboxylic acids is 1. The van der Waals surface area contributed by atoms with Gasteiger partial charge in [-0.3, -0.25) is 9.48 Å². The molecule has 0 aliphatic carbocycles. The minimum atomic E-state index is -1.09. The Morgan fingerprint density at radius 2 is 2.06 bits per heavy atom. The minimum absolute atomic E-state index is 0.0459. The van der Waals surface area contributed by atoms with Gasteiger partial charge in [0.25, 0.3) is 0 Å². The van der Waals surface area contributed by atoms with E-state index in [1.54, 1.807) is 14.0 Å². The van der Waals surface area contributed by atoms with Gasteiger partial charge in [0.1, 0.15) is 11.4 Å². The molecule has 2 N–H and O–H groups in total. The zero-order chi connectivity index (χ0) is 13.2. The Kier molecular flexibility index (Phi) is 3.88. The lowest BCUT2D eigenvalue weighted by molar-refractivity contribution is -0.116. The summed E-state index contributed by atoms with van der Waals surface area (Å²) in [5, 5.41) is 15.6. The van der Waals surface area contributed by atoms with Gasteiger partial charge in [0.05, 0.1) is 5.69 Å². The van der Waals surface area contributed by atoms with Crippen LogP contribution in [-0.4, -0.2) is 26.8 Å². The number of hydrogen-bond acceptors (Lipinski definition) is 3. The number of amides is 1. The smallest absolute Gasteiger partial charge is 0.341 e. The molecule has 0 spiro atoms. The van der Waals surface area contributed by atoms with Crippen LogP contribution in [0.25, 0.3) is 0 Å². The summed E-state index contributed by atoms with van der Waals surface area (Å²) >= 11 is 0. The maximum atomic E-state index is 11.6. The van der Waals surface area contributed by atoms with Gasteiger partial charge < -0.3 is 10.4 Å². The Hall–Kier alpha value is -1.85. The summed E-state index contributed by atoms with van der Waals surface area (Å²) in [6.07, 6.45) is 0.350. The van der Waals surface area contributed by atoms with Gasteiger partial charge in [-0.2, -0.15) is 5.10 Å². The minimum Gasteiger partial charge on any atom is -0.477 e. The monoisotopic (exact) mass is 239 g/mol. The van der Waals surface area contributed by atoms with Gasteiger partial charge in [-0.15, -0.1) is 0 Å². The van der Waals surface area contributed by atoms with Crippen molar-refractivity contribution in [3.8, 4) is 0 Å². The highest BCUT2D eigenvalue weighted by Gasteiger charge is 2.21. The zero-order valence-corrected chi connectivity index (χ0v) is 10.4. The number of aromatic nitrogens is 2. The predicted molar refractivity (Wildman–Crippen MR) is 63.0 cm³/mol. The molecular formula is C11H17N3O3. The van der Waals surface area contributed by atoms with Crippen LogP contribution in [0, 0.1) is 12.8 Å². The van der Waals surface area contributed by atoms with E-state index in [1.165, 1.54) is 4.68 Å². The van der Waals surface area contributed by atoms with Crippen LogP contribution in [0.2, 0.25) is 0 Å². The third-order valence-corrected chi connectivity index (χ3v) is 2.29. The van der Waals surface area contributed by atoms with Gasteiger partial charge in [-0.05, 0) is 12.8 Å². The van der Waals surface area contributed by atoms with Crippen LogP contribution in [0.4, 0.5) is 5.82 Å². The van der Waals surface area contributed by atoms with E-state index in [0.29, 0.717) is 12.1 Å². The summed E-state index contributed by atoms with van der Waals surface area (Å²) in [6, 6.07) is 0. The molecular weight excluding hydrogens is 222 g/mol. The highest BCUT2D eigenvalue weighted by Crippen LogP contribution is 2.19. The van der Waals surface area contributed by atoms with Crippen molar-refractivity contribution in [1.82, 2.24) is 9.78 Å². The normalized spacial score (nSPS) is 10.6. The van der Waals surface area contributed by atoms with Gasteiger partial charge in [-0.1, -0.05) is 13.8 Å². The quantitative estimate of drug-likeness (QED) is 0.832. The van der Waals surface area contributed by atoms with Crippen LogP contribution in [-0.2, 0) is 11.8 Å². The average molecular weight is 239 g/mol. The lowest BCUT2D eigenvalue weighted by Gasteiger charge is -2.08. The highest BCUT2D eigenvalue weighted by atomic mass is 16.4. The molecule has 0 aromatic carbocycles. The third kappa shape index (κ3) is 3.05. The Balaban J connectivity index is 2.98. The number of carboxylic acids is 1. The van der Waals surface area contributed by atoms with Crippen molar-refractivity contribution in [1.29, 1.82) is 0 Å². The Bertz CT molecular complexity index is 449. The lowest BCUT2D eigenvalue weighted by Crippen LogP contribution is -2.18. The second-order valence-electron chi connectivity index (χ2n) is 4.38. The predicted octanol–water partition coefficient (Wildman–Crippen LogP) is 1.41. The Morgan fingerprint density at radius 1 is 1.47 bits per heavy atom. The van der Waals surface area contributed by atoms with Crippen molar-refractivity contribution in [2.45, 2.75) is 27.2 Å². The first-order valence-corrected chi connectivity index (χ1v) is 5.39. The molecule has 0 radical (unpaired) electrons. The third-order valence-electron chi connectivity index (χ3n) is 2.29. The van der Waals surface area contributed by atoms with Gasteiger partial charge in [0.2, 0.25) is 5.91 Å². The van der Waals surface area contributed by atoms with Gasteiger partial charge in [-0.25, -0.2) is 4.79 Å². The molecule has 6 heteroatoms. The first-order chi connectivity index (χ1) is 7.82. The van der Waals surface area contributed by atoms with E-state index in [0.717, 1.165) is 0 Å². The molecule has 1 aromatic heterocycles. The number of anilines is 1. The largest absolute Gasteiger partial charge is 0.477 e. The van der Waals surface area contributed by atoms with E-state index in [1.807, 2.05) is 13.8 Å². The fourth-order valence-corrected chi connectivity index (χ4v) is 1.61. The molecule has 0 bridgehead atoms. The molecule has 94 valence electrons. The SMILES string of the molecule is Cc1nn(C)c(NC(=O)CC(C)C)c1C(=O)O. The van der Waals surface area contributed by atoms with Gasteiger partial charge in [0.15, 0.2) is 0 Å². The summed E-state index contributed by atoms with van der Waals surface area (Å²) in [6.45, 7) is 5.44. The summed E-state index contributed by atoms with van der Waals surface area (Å²) in [5.41, 5.74) is 0.435. The van der Waals surface area contributed by atoms with E-state index in [2.05, 4.69) is 10.4 Å². The molecule has 1 rings (SSSR count). The van der Waals surface area contributed by atoms with E-state index in [4.69, 9.17) is 5.11 Å². The Labute approximate surface area is 99.6 Å². The molecule has 0 aliphatic rings. The van der Waals surface area contributed by atoms with Crippen molar-refractivity contribution in [3.63, 3.8) is 0 Å². The molecule has 0 unspecified atom stereocenters. The standard InChI is InChI=1S/C11H17N3O3/c1-6(2)5-8(15)12-10-9(11(16)17)7(3)13-14(10)4/h6H,5H2,1-4H3,(H,12,15)(H,16,17). The number of nitrogens with zero attached hydrogens (tertiary/aromatic N) is 2. The summed E-state index contributed by atoms with van der Waals surface area (Å²) in [7, 11) is 1.60. The van der Waals surface area contributed by atoms with Crippen molar-refractivity contribution in [2.24, 2.45) is 13.0 Å². The first kappa shape index (κ1) is 13.2. The number of aryl methyl sites for hydroxylation is 2. The highest BCUT2D eigenvalue weighted by molar-refractivity contribution is 6.00. The molecule has 0 fully saturated rings. The van der Waals surface area contributed by atoms with E-state index in [-0.39, 0.29) is 23.2 Å². The molecule has 0 aliphatic heterocycles. The fourth-order valence-electron chi connectivity index (χ4n) is 1.61. The number of carboxylic acid groups (broad SMARTS) is 1. The molecule has 0 atom stereocenters. The molecule has 17 heavy (non-hydrogen) atoms. The fraction of sp³-hybridized carbons (Fsp3) is 0.545. The molecule has 6 nitrogen and oxygen atoms in total. The van der Waals surface area contributed by atoms with Crippen molar-refractivity contribution < 1.29 is 14.7 Å². The number of rotatable bonds is 4. The van der Waals surface area contributed by atoms with Crippen LogP contribution >= 0.6 is 0 Å². The molecule has 1 aromatic rings. The maximum absolute atomic E-state index is 11.6. The van der Waals surface area contributed by atoms with Crippen molar-refractivity contribution >= 4 is 17.7 Å². The van der Waals surface area contributed by atoms with E-state index in [9.17, 15) is 9.59 Å². The average Bonchev–Trinajstić information content (AvgIpc) is 2.39. The molecule has 0 saturated heterocycles. The number of carbonyl (C=O) groups excluding carboxylic acids is 1. The van der Waals surface area contributed by atoms with Crippen LogP contribution in [0.5, 0.6) is 0 Å². The second kappa shape index (κ2) is 4.99. The molecule has 1 amide bonds. The zero-order valence-electron chi connectivity index (χ0n) is 10.4. The summed E-state index contributed by atoms with van der Waals surface area (Å²) in [4.78, 5) is 22.7.